The highest BCUT2D eigenvalue weighted by Crippen LogP contribution is 1.60. The van der Waals surface area contributed by atoms with Gasteiger partial charge in [0, 0.05) is 0 Å². The normalized spacial score (nSPS) is 7.33. The summed E-state index contributed by atoms with van der Waals surface area (Å²) in [5.74, 6) is 2.21. The third-order valence-electron chi connectivity index (χ3n) is 0.516. The quantitative estimate of drug-likeness (QED) is 0.462. The SMILES string of the molecule is Cl.[CH3][Al][N](C)C. The average Bonchev–Trinajstić information content (AvgIpc) is 1.38. The Hall–Kier alpha value is 0.782. The van der Waals surface area contributed by atoms with Crippen LogP contribution in [0, 0.1) is 0 Å². The summed E-state index contributed by atoms with van der Waals surface area (Å²) >= 11 is 0.565. The summed E-state index contributed by atoms with van der Waals surface area (Å²) in [5.41, 5.74) is 0. The zero-order chi connectivity index (χ0) is 4.28. The minimum atomic E-state index is 0. The third kappa shape index (κ3) is 8.84. The summed E-state index contributed by atoms with van der Waals surface area (Å²) in [6.45, 7) is 0. The Labute approximate surface area is 52.1 Å². The van der Waals surface area contributed by atoms with Crippen molar-refractivity contribution in [2.24, 2.45) is 0 Å². The molecular weight excluding hydrogens is 112 g/mol. The number of nitrogens with zero attached hydrogens (tertiary/aromatic N) is 1. The Morgan fingerprint density at radius 3 is 1.50 bits per heavy atom. The molecule has 1 nitrogen and oxygen atoms in total. The summed E-state index contributed by atoms with van der Waals surface area (Å²) in [6.07, 6.45) is 0. The maximum Gasteiger partial charge on any atom is 0.318 e. The van der Waals surface area contributed by atoms with Gasteiger partial charge in [0.15, 0.2) is 0 Å². The molecule has 0 aromatic carbocycles. The summed E-state index contributed by atoms with van der Waals surface area (Å²) in [7, 11) is 4.19. The molecule has 0 aliphatic rings. The lowest BCUT2D eigenvalue weighted by molar-refractivity contribution is 0.665. The molecule has 0 saturated carbocycles. The van der Waals surface area contributed by atoms with Crippen molar-refractivity contribution < 1.29 is 0 Å². The second-order valence-corrected chi connectivity index (χ2v) is 2.77. The highest BCUT2D eigenvalue weighted by molar-refractivity contribution is 6.29. The van der Waals surface area contributed by atoms with Crippen molar-refractivity contribution in [1.82, 2.24) is 3.88 Å². The molecular formula is C3H10AlClN. The first-order chi connectivity index (χ1) is 2.27. The van der Waals surface area contributed by atoms with Crippen LogP contribution in [-0.2, 0) is 0 Å². The minimum absolute atomic E-state index is 0. The van der Waals surface area contributed by atoms with Gasteiger partial charge >= 0.3 is 15.4 Å². The largest absolute Gasteiger partial charge is 0.397 e. The molecule has 0 N–H and O–H groups in total. The lowest BCUT2D eigenvalue weighted by Gasteiger charge is -1.99. The van der Waals surface area contributed by atoms with Crippen molar-refractivity contribution in [2.75, 3.05) is 14.1 Å². The second-order valence-electron chi connectivity index (χ2n) is 1.22. The van der Waals surface area contributed by atoms with Gasteiger partial charge in [-0.15, -0.1) is 12.4 Å². The molecule has 0 rings (SSSR count). The van der Waals surface area contributed by atoms with E-state index in [9.17, 15) is 0 Å². The topological polar surface area (TPSA) is 3.24 Å². The second kappa shape index (κ2) is 5.78. The van der Waals surface area contributed by atoms with E-state index in [0.717, 1.165) is 0 Å². The van der Waals surface area contributed by atoms with Crippen LogP contribution >= 0.6 is 12.4 Å². The standard InChI is InChI=1S/C2H6N.CH3.Al.ClH/c1-3-2;;;/h1-2H3;1H3;;1H/q-1;;+1;. The maximum absolute atomic E-state index is 2.21. The minimum Gasteiger partial charge on any atom is -0.397 e. The van der Waals surface area contributed by atoms with Gasteiger partial charge in [-0.3, -0.25) is 0 Å². The molecule has 6 heavy (non-hydrogen) atoms. The average molecular weight is 123 g/mol. The maximum atomic E-state index is 2.21. The van der Waals surface area contributed by atoms with E-state index in [-0.39, 0.29) is 12.4 Å². The van der Waals surface area contributed by atoms with Gasteiger partial charge in [0.1, 0.15) is 0 Å². The van der Waals surface area contributed by atoms with Crippen LogP contribution in [0.4, 0.5) is 0 Å². The summed E-state index contributed by atoms with van der Waals surface area (Å²) in [6, 6.07) is 0. The predicted molar refractivity (Wildman–Crippen MR) is 32.6 cm³/mol. The smallest absolute Gasteiger partial charge is 0.318 e. The van der Waals surface area contributed by atoms with Crippen LogP contribution in [0.5, 0.6) is 0 Å². The van der Waals surface area contributed by atoms with Gasteiger partial charge in [0.2, 0.25) is 0 Å². The number of halogens is 1. The van der Waals surface area contributed by atoms with Gasteiger partial charge in [-0.25, -0.2) is 0 Å². The predicted octanol–water partition coefficient (Wildman–Crippen LogP) is 0.637. The Bertz CT molecular complexity index is 24.8. The van der Waals surface area contributed by atoms with E-state index in [1.54, 1.807) is 0 Å². The van der Waals surface area contributed by atoms with Gasteiger partial charge in [-0.2, -0.15) is 0 Å². The summed E-state index contributed by atoms with van der Waals surface area (Å²) < 4.78 is 2.21. The molecule has 0 aliphatic carbocycles. The fourth-order valence-corrected chi connectivity index (χ4v) is 0. The molecule has 0 bridgehead atoms. The van der Waals surface area contributed by atoms with Crippen LogP contribution in [-0.4, -0.2) is 33.4 Å². The van der Waals surface area contributed by atoms with E-state index in [2.05, 4.69) is 23.8 Å². The summed E-state index contributed by atoms with van der Waals surface area (Å²) in [4.78, 5) is 0. The van der Waals surface area contributed by atoms with Crippen molar-refractivity contribution in [3.05, 3.63) is 0 Å². The van der Waals surface area contributed by atoms with Gasteiger partial charge in [0.25, 0.3) is 0 Å². The molecule has 0 aliphatic heterocycles. The lowest BCUT2D eigenvalue weighted by atomic mass is 11.3. The first-order valence-corrected chi connectivity index (χ1v) is 3.40. The first-order valence-electron chi connectivity index (χ1n) is 1.73. The molecule has 0 aromatic rings. The molecule has 0 aromatic heterocycles. The van der Waals surface area contributed by atoms with E-state index >= 15 is 0 Å². The number of hydrogen-bond acceptors (Lipinski definition) is 1. The molecule has 0 saturated heterocycles. The van der Waals surface area contributed by atoms with E-state index in [1.165, 1.54) is 0 Å². The zero-order valence-corrected chi connectivity index (χ0v) is 6.40. The molecule has 3 heteroatoms. The molecule has 0 spiro atoms. The monoisotopic (exact) mass is 122 g/mol. The van der Waals surface area contributed by atoms with Gasteiger partial charge in [-0.05, 0) is 14.1 Å². The van der Waals surface area contributed by atoms with Crippen molar-refractivity contribution >= 4 is 27.8 Å². The van der Waals surface area contributed by atoms with Gasteiger partial charge < -0.3 is 3.88 Å². The highest BCUT2D eigenvalue weighted by Gasteiger charge is 1.78. The van der Waals surface area contributed by atoms with Crippen molar-refractivity contribution in [3.63, 3.8) is 0 Å². The summed E-state index contributed by atoms with van der Waals surface area (Å²) in [5, 5.41) is 0. The Balaban J connectivity index is 0. The van der Waals surface area contributed by atoms with Gasteiger partial charge in [0.05, 0.1) is 0 Å². The molecule has 37 valence electrons. The van der Waals surface area contributed by atoms with Crippen LogP contribution in [0.15, 0.2) is 0 Å². The van der Waals surface area contributed by atoms with Crippen molar-refractivity contribution in [2.45, 2.75) is 5.79 Å². The number of rotatable bonds is 1. The first kappa shape index (κ1) is 9.92. The molecule has 0 atom stereocenters. The third-order valence-corrected chi connectivity index (χ3v) is 1.55. The highest BCUT2D eigenvalue weighted by atomic mass is 35.5. The lowest BCUT2D eigenvalue weighted by Crippen LogP contribution is -2.12. The molecule has 0 amide bonds. The zero-order valence-electron chi connectivity index (χ0n) is 4.43. The molecule has 0 heterocycles. The van der Waals surface area contributed by atoms with E-state index < -0.39 is 0 Å². The Morgan fingerprint density at radius 2 is 1.50 bits per heavy atom. The van der Waals surface area contributed by atoms with Crippen LogP contribution in [0.1, 0.15) is 0 Å². The van der Waals surface area contributed by atoms with Gasteiger partial charge in [-0.1, -0.05) is 5.79 Å². The molecule has 0 unspecified atom stereocenters. The van der Waals surface area contributed by atoms with Crippen LogP contribution < -0.4 is 0 Å². The van der Waals surface area contributed by atoms with E-state index in [4.69, 9.17) is 0 Å². The van der Waals surface area contributed by atoms with Crippen molar-refractivity contribution in [3.8, 4) is 0 Å². The van der Waals surface area contributed by atoms with Crippen LogP contribution in [0.3, 0.4) is 0 Å². The van der Waals surface area contributed by atoms with E-state index in [1.807, 2.05) is 0 Å². The Morgan fingerprint density at radius 1 is 1.33 bits per heavy atom. The van der Waals surface area contributed by atoms with Crippen LogP contribution in [0.25, 0.3) is 0 Å². The van der Waals surface area contributed by atoms with E-state index in [0.29, 0.717) is 15.4 Å². The number of hydrogen-bond donors (Lipinski definition) is 0. The van der Waals surface area contributed by atoms with Crippen molar-refractivity contribution in [1.29, 1.82) is 0 Å². The Kier molecular flexibility index (Phi) is 9.56. The van der Waals surface area contributed by atoms with Crippen LogP contribution in [0.2, 0.25) is 5.79 Å². The molecule has 1 radical (unpaired) electrons. The fourth-order valence-electron chi connectivity index (χ4n) is 0. The fraction of sp³-hybridized carbons (Fsp3) is 1.00. The molecule has 0 fully saturated rings.